The SMILES string of the molecule is CCOC(=O)C1=C(C)N=c2s/c(=C/c3cccc([N+](=O)[O-])c3O)c(=O)n2C1c1ccccc1OC. The highest BCUT2D eigenvalue weighted by molar-refractivity contribution is 7.07. The van der Waals surface area contributed by atoms with Gasteiger partial charge in [-0.1, -0.05) is 41.7 Å². The number of hydrogen-bond donors (Lipinski definition) is 1. The number of esters is 1. The lowest BCUT2D eigenvalue weighted by atomic mass is 9.95. The number of nitro benzene ring substituents is 1. The molecule has 1 aliphatic heterocycles. The molecule has 1 aromatic heterocycles. The van der Waals surface area contributed by atoms with Gasteiger partial charge in [0.1, 0.15) is 11.8 Å². The van der Waals surface area contributed by atoms with Crippen LogP contribution in [0.1, 0.15) is 31.0 Å². The number of carbonyl (C=O) groups is 1. The molecule has 0 aliphatic carbocycles. The van der Waals surface area contributed by atoms with Crippen molar-refractivity contribution in [3.63, 3.8) is 0 Å². The number of hydrogen-bond acceptors (Lipinski definition) is 9. The van der Waals surface area contributed by atoms with Gasteiger partial charge in [0.05, 0.1) is 34.4 Å². The van der Waals surface area contributed by atoms with Crippen LogP contribution in [0.25, 0.3) is 6.08 Å². The van der Waals surface area contributed by atoms with Crippen LogP contribution in [0.4, 0.5) is 5.69 Å². The molecule has 35 heavy (non-hydrogen) atoms. The Balaban J connectivity index is 2.00. The summed E-state index contributed by atoms with van der Waals surface area (Å²) < 4.78 is 12.3. The molecule has 1 aliphatic rings. The highest BCUT2D eigenvalue weighted by Gasteiger charge is 2.35. The van der Waals surface area contributed by atoms with Crippen molar-refractivity contribution in [3.8, 4) is 11.5 Å². The first-order valence-electron chi connectivity index (χ1n) is 10.6. The third kappa shape index (κ3) is 4.21. The van der Waals surface area contributed by atoms with E-state index in [-0.39, 0.29) is 22.3 Å². The van der Waals surface area contributed by atoms with Gasteiger partial charge in [-0.2, -0.15) is 0 Å². The zero-order chi connectivity index (χ0) is 25.3. The van der Waals surface area contributed by atoms with Crippen LogP contribution in [0.2, 0.25) is 0 Å². The van der Waals surface area contributed by atoms with Crippen molar-refractivity contribution in [2.75, 3.05) is 13.7 Å². The van der Waals surface area contributed by atoms with Crippen molar-refractivity contribution >= 4 is 29.1 Å². The third-order valence-electron chi connectivity index (χ3n) is 5.48. The average molecular weight is 496 g/mol. The van der Waals surface area contributed by atoms with Gasteiger partial charge < -0.3 is 14.6 Å². The van der Waals surface area contributed by atoms with E-state index in [0.717, 1.165) is 11.3 Å². The molecule has 10 nitrogen and oxygen atoms in total. The van der Waals surface area contributed by atoms with Crippen molar-refractivity contribution in [1.29, 1.82) is 0 Å². The van der Waals surface area contributed by atoms with Gasteiger partial charge in [-0.05, 0) is 26.0 Å². The zero-order valence-electron chi connectivity index (χ0n) is 19.0. The number of rotatable bonds is 6. The smallest absolute Gasteiger partial charge is 0.338 e. The van der Waals surface area contributed by atoms with E-state index < -0.39 is 33.9 Å². The molecular formula is C24H21N3O7S. The van der Waals surface area contributed by atoms with E-state index in [9.17, 15) is 24.8 Å². The normalized spacial score (nSPS) is 15.4. The largest absolute Gasteiger partial charge is 0.502 e. The molecule has 2 aromatic carbocycles. The lowest BCUT2D eigenvalue weighted by molar-refractivity contribution is -0.385. The molecule has 1 atom stereocenters. The van der Waals surface area contributed by atoms with Gasteiger partial charge in [-0.25, -0.2) is 9.79 Å². The molecule has 0 spiro atoms. The number of carbonyl (C=O) groups excluding carboxylic acids is 1. The number of fused-ring (bicyclic) bond motifs is 1. The van der Waals surface area contributed by atoms with Crippen molar-refractivity contribution in [2.24, 2.45) is 4.99 Å². The molecule has 180 valence electrons. The third-order valence-corrected chi connectivity index (χ3v) is 6.46. The second-order valence-electron chi connectivity index (χ2n) is 7.52. The minimum absolute atomic E-state index is 0.111. The Morgan fingerprint density at radius 2 is 2.03 bits per heavy atom. The molecule has 0 fully saturated rings. The summed E-state index contributed by atoms with van der Waals surface area (Å²) in [5, 5.41) is 21.5. The fourth-order valence-corrected chi connectivity index (χ4v) is 4.97. The van der Waals surface area contributed by atoms with E-state index in [1.807, 2.05) is 0 Å². The number of para-hydroxylation sites is 2. The number of aromatic hydroxyl groups is 1. The van der Waals surface area contributed by atoms with Gasteiger partial charge in [0.2, 0.25) is 5.75 Å². The Labute approximate surface area is 202 Å². The van der Waals surface area contributed by atoms with E-state index in [0.29, 0.717) is 21.8 Å². The topological polar surface area (TPSA) is 133 Å². The highest BCUT2D eigenvalue weighted by Crippen LogP contribution is 2.35. The maximum atomic E-state index is 13.6. The molecular weight excluding hydrogens is 474 g/mol. The average Bonchev–Trinajstić information content (AvgIpc) is 3.13. The number of nitrogens with zero attached hydrogens (tertiary/aromatic N) is 3. The van der Waals surface area contributed by atoms with Gasteiger partial charge in [0.15, 0.2) is 4.80 Å². The highest BCUT2D eigenvalue weighted by atomic mass is 32.1. The predicted molar refractivity (Wildman–Crippen MR) is 128 cm³/mol. The molecule has 1 unspecified atom stereocenters. The summed E-state index contributed by atoms with van der Waals surface area (Å²) in [5.41, 5.74) is 0.320. The fraction of sp³-hybridized carbons (Fsp3) is 0.208. The number of benzene rings is 2. The number of nitro groups is 1. The molecule has 0 saturated carbocycles. The summed E-state index contributed by atoms with van der Waals surface area (Å²) in [6, 6.07) is 10.2. The van der Waals surface area contributed by atoms with Crippen LogP contribution in [0.5, 0.6) is 11.5 Å². The summed E-state index contributed by atoms with van der Waals surface area (Å²) in [6.07, 6.45) is 1.37. The monoisotopic (exact) mass is 495 g/mol. The molecule has 2 heterocycles. The zero-order valence-corrected chi connectivity index (χ0v) is 19.9. The number of aromatic nitrogens is 1. The van der Waals surface area contributed by atoms with E-state index in [2.05, 4.69) is 4.99 Å². The van der Waals surface area contributed by atoms with Crippen molar-refractivity contribution in [2.45, 2.75) is 19.9 Å². The maximum absolute atomic E-state index is 13.6. The van der Waals surface area contributed by atoms with Crippen LogP contribution in [0.15, 0.2) is 63.5 Å². The van der Waals surface area contributed by atoms with E-state index in [1.54, 1.807) is 38.1 Å². The second-order valence-corrected chi connectivity index (χ2v) is 8.53. The van der Waals surface area contributed by atoms with Gasteiger partial charge in [0.25, 0.3) is 5.56 Å². The molecule has 0 bridgehead atoms. The summed E-state index contributed by atoms with van der Waals surface area (Å²) in [4.78, 5) is 41.9. The number of methoxy groups -OCH3 is 1. The summed E-state index contributed by atoms with van der Waals surface area (Å²) in [7, 11) is 1.49. The van der Waals surface area contributed by atoms with E-state index in [1.165, 1.54) is 36.0 Å². The Morgan fingerprint density at radius 3 is 2.71 bits per heavy atom. The van der Waals surface area contributed by atoms with Crippen LogP contribution in [0, 0.1) is 10.1 Å². The minimum atomic E-state index is -0.873. The van der Waals surface area contributed by atoms with E-state index in [4.69, 9.17) is 9.47 Å². The van der Waals surface area contributed by atoms with Crippen LogP contribution in [0.3, 0.4) is 0 Å². The Hall–Kier alpha value is -4.25. The van der Waals surface area contributed by atoms with Gasteiger partial charge in [0, 0.05) is 17.2 Å². The maximum Gasteiger partial charge on any atom is 0.338 e. The molecule has 0 saturated heterocycles. The molecule has 1 N–H and O–H groups in total. The number of phenols is 1. The number of ether oxygens (including phenoxy) is 2. The molecule has 11 heteroatoms. The first-order chi connectivity index (χ1) is 16.8. The Bertz CT molecular complexity index is 1550. The lowest BCUT2D eigenvalue weighted by Gasteiger charge is -2.25. The minimum Gasteiger partial charge on any atom is -0.502 e. The fourth-order valence-electron chi connectivity index (χ4n) is 3.93. The molecule has 0 amide bonds. The van der Waals surface area contributed by atoms with Crippen molar-refractivity contribution in [1.82, 2.24) is 4.57 Å². The molecule has 4 rings (SSSR count). The Kier molecular flexibility index (Phi) is 6.52. The Morgan fingerprint density at radius 1 is 1.29 bits per heavy atom. The van der Waals surface area contributed by atoms with Gasteiger partial charge >= 0.3 is 11.7 Å². The molecule has 3 aromatic rings. The van der Waals surface area contributed by atoms with Crippen LogP contribution in [-0.4, -0.2) is 34.3 Å². The quantitative estimate of drug-likeness (QED) is 0.315. The lowest BCUT2D eigenvalue weighted by Crippen LogP contribution is -2.40. The second kappa shape index (κ2) is 9.55. The molecule has 0 radical (unpaired) electrons. The summed E-state index contributed by atoms with van der Waals surface area (Å²) >= 11 is 1.04. The van der Waals surface area contributed by atoms with Crippen LogP contribution >= 0.6 is 11.3 Å². The van der Waals surface area contributed by atoms with Crippen molar-refractivity contribution in [3.05, 3.63) is 94.7 Å². The predicted octanol–water partition coefficient (Wildman–Crippen LogP) is 2.42. The number of phenolic OH excluding ortho intramolecular Hbond substituents is 1. The number of allylic oxidation sites excluding steroid dienone is 1. The number of thiazole rings is 1. The van der Waals surface area contributed by atoms with Gasteiger partial charge in [-0.15, -0.1) is 0 Å². The van der Waals surface area contributed by atoms with Gasteiger partial charge in [-0.3, -0.25) is 19.5 Å². The van der Waals surface area contributed by atoms with Crippen molar-refractivity contribution < 1.29 is 24.3 Å². The summed E-state index contributed by atoms with van der Waals surface area (Å²) in [5.74, 6) is -0.678. The summed E-state index contributed by atoms with van der Waals surface area (Å²) in [6.45, 7) is 3.50. The van der Waals surface area contributed by atoms with Crippen LogP contribution in [-0.2, 0) is 9.53 Å². The first kappa shape index (κ1) is 23.9. The van der Waals surface area contributed by atoms with Crippen LogP contribution < -0.4 is 19.6 Å². The standard InChI is InChI=1S/C24H21N3O7S/c1-4-34-23(30)19-13(2)25-24-26(20(19)15-9-5-6-11-17(15)33-3)22(29)18(35-24)12-14-8-7-10-16(21(14)28)27(31)32/h5-12,20,28H,4H2,1-3H3/b18-12+. The van der Waals surface area contributed by atoms with E-state index >= 15 is 0 Å². The first-order valence-corrected chi connectivity index (χ1v) is 11.4.